The van der Waals surface area contributed by atoms with Crippen molar-refractivity contribution in [1.29, 1.82) is 0 Å². The minimum absolute atomic E-state index is 0.141. The highest BCUT2D eigenvalue weighted by atomic mass is 16.6. The maximum Gasteiger partial charge on any atom is 0.434 e. The van der Waals surface area contributed by atoms with Crippen LogP contribution < -0.4 is 0 Å². The average Bonchev–Trinajstić information content (AvgIpc) is 2.15. The van der Waals surface area contributed by atoms with Crippen LogP contribution in [-0.2, 0) is 4.74 Å². The Morgan fingerprint density at radius 2 is 2.67 bits per heavy atom. The van der Waals surface area contributed by atoms with E-state index in [-0.39, 0.29) is 6.04 Å². The third kappa shape index (κ3) is 0.977. The zero-order valence-electron chi connectivity index (χ0n) is 5.20. The Bertz CT molecular complexity index is 125. The van der Waals surface area contributed by atoms with Crippen LogP contribution in [-0.4, -0.2) is 29.0 Å². The molecule has 1 fully saturated rings. The second kappa shape index (κ2) is 2.23. The fourth-order valence-electron chi connectivity index (χ4n) is 0.744. The van der Waals surface area contributed by atoms with Crippen LogP contribution in [0.25, 0.3) is 0 Å². The molecule has 1 unspecified atom stereocenters. The highest BCUT2D eigenvalue weighted by Crippen LogP contribution is 2.10. The number of carbonyl (C=O) groups excluding carboxylic acids is 1. The van der Waals surface area contributed by atoms with E-state index in [0.717, 1.165) is 6.42 Å². The van der Waals surface area contributed by atoms with Gasteiger partial charge in [0.15, 0.2) is 0 Å². The highest BCUT2D eigenvalue weighted by molar-refractivity contribution is 5.68. The Hall–Kier alpha value is -0.770. The van der Waals surface area contributed by atoms with Gasteiger partial charge in [0.1, 0.15) is 6.61 Å². The monoisotopic (exact) mass is 131 g/mol. The van der Waals surface area contributed by atoms with Gasteiger partial charge in [-0.3, -0.25) is 5.21 Å². The molecule has 1 rings (SSSR count). The summed E-state index contributed by atoms with van der Waals surface area (Å²) in [5.41, 5.74) is 0. The van der Waals surface area contributed by atoms with E-state index in [9.17, 15) is 4.79 Å². The fraction of sp³-hybridized carbons (Fsp3) is 0.800. The second-order valence-corrected chi connectivity index (χ2v) is 1.98. The molecule has 1 atom stereocenters. The predicted octanol–water partition coefficient (Wildman–Crippen LogP) is 0.606. The van der Waals surface area contributed by atoms with Gasteiger partial charge in [0.05, 0.1) is 6.04 Å². The van der Waals surface area contributed by atoms with Gasteiger partial charge in [-0.15, -0.1) is 0 Å². The Labute approximate surface area is 53.0 Å². The van der Waals surface area contributed by atoms with Crippen LogP contribution in [0.1, 0.15) is 13.3 Å². The van der Waals surface area contributed by atoms with Gasteiger partial charge in [-0.25, -0.2) is 4.79 Å². The van der Waals surface area contributed by atoms with Gasteiger partial charge >= 0.3 is 6.09 Å². The van der Waals surface area contributed by atoms with Gasteiger partial charge in [-0.2, -0.15) is 5.06 Å². The Kier molecular flexibility index (Phi) is 1.57. The van der Waals surface area contributed by atoms with Crippen LogP contribution in [0.2, 0.25) is 0 Å². The first kappa shape index (κ1) is 6.35. The van der Waals surface area contributed by atoms with Crippen molar-refractivity contribution >= 4 is 6.09 Å². The molecule has 4 heteroatoms. The summed E-state index contributed by atoms with van der Waals surface area (Å²) in [7, 11) is 0. The number of ether oxygens (including phenoxy) is 1. The van der Waals surface area contributed by atoms with Gasteiger partial charge in [-0.05, 0) is 6.42 Å². The number of hydrogen-bond acceptors (Lipinski definition) is 3. The molecule has 1 aliphatic rings. The number of rotatable bonds is 1. The quantitative estimate of drug-likeness (QED) is 0.530. The third-order valence-electron chi connectivity index (χ3n) is 1.40. The molecule has 4 nitrogen and oxygen atoms in total. The van der Waals surface area contributed by atoms with Gasteiger partial charge in [0, 0.05) is 0 Å². The molecular weight excluding hydrogens is 122 g/mol. The number of cyclic esters (lactones) is 1. The topological polar surface area (TPSA) is 49.8 Å². The molecule has 1 saturated heterocycles. The van der Waals surface area contributed by atoms with Crippen LogP contribution in [0.4, 0.5) is 4.79 Å². The largest absolute Gasteiger partial charge is 0.446 e. The molecule has 1 N–H and O–H groups in total. The van der Waals surface area contributed by atoms with Crippen molar-refractivity contribution in [3.63, 3.8) is 0 Å². The van der Waals surface area contributed by atoms with E-state index in [2.05, 4.69) is 4.74 Å². The Balaban J connectivity index is 2.51. The van der Waals surface area contributed by atoms with Crippen LogP contribution in [0.15, 0.2) is 0 Å². The van der Waals surface area contributed by atoms with Crippen molar-refractivity contribution < 1.29 is 14.7 Å². The number of carbonyl (C=O) groups is 1. The maximum absolute atomic E-state index is 10.4. The lowest BCUT2D eigenvalue weighted by Crippen LogP contribution is -2.28. The van der Waals surface area contributed by atoms with Crippen molar-refractivity contribution in [2.24, 2.45) is 0 Å². The molecule has 1 heterocycles. The molecule has 0 aromatic rings. The highest BCUT2D eigenvalue weighted by Gasteiger charge is 2.29. The molecule has 0 aromatic carbocycles. The number of hydroxylamine groups is 2. The van der Waals surface area contributed by atoms with E-state index in [4.69, 9.17) is 5.21 Å². The van der Waals surface area contributed by atoms with E-state index in [1.54, 1.807) is 0 Å². The molecule has 0 radical (unpaired) electrons. The molecule has 0 spiro atoms. The molecule has 0 bridgehead atoms. The SMILES string of the molecule is CCC1COC(=O)N1O. The predicted molar refractivity (Wildman–Crippen MR) is 29.1 cm³/mol. The van der Waals surface area contributed by atoms with Gasteiger partial charge in [-0.1, -0.05) is 6.92 Å². The number of nitrogens with zero attached hydrogens (tertiary/aromatic N) is 1. The summed E-state index contributed by atoms with van der Waals surface area (Å²) in [6.07, 6.45) is 0.0873. The lowest BCUT2D eigenvalue weighted by Gasteiger charge is -2.09. The van der Waals surface area contributed by atoms with Crippen molar-refractivity contribution in [2.75, 3.05) is 6.61 Å². The summed E-state index contributed by atoms with van der Waals surface area (Å²) >= 11 is 0. The Morgan fingerprint density at radius 1 is 2.00 bits per heavy atom. The van der Waals surface area contributed by atoms with Crippen molar-refractivity contribution in [3.05, 3.63) is 0 Å². The first-order valence-corrected chi connectivity index (χ1v) is 2.90. The molecular formula is C5H9NO3. The Morgan fingerprint density at radius 3 is 2.89 bits per heavy atom. The minimum atomic E-state index is -0.637. The van der Waals surface area contributed by atoms with Crippen LogP contribution in [0.5, 0.6) is 0 Å². The van der Waals surface area contributed by atoms with Crippen LogP contribution in [0, 0.1) is 0 Å². The van der Waals surface area contributed by atoms with Crippen molar-refractivity contribution in [2.45, 2.75) is 19.4 Å². The van der Waals surface area contributed by atoms with Crippen molar-refractivity contribution in [3.8, 4) is 0 Å². The normalized spacial score (nSPS) is 26.7. The summed E-state index contributed by atoms with van der Waals surface area (Å²) in [4.78, 5) is 10.4. The van der Waals surface area contributed by atoms with Gasteiger partial charge in [0.2, 0.25) is 0 Å². The number of amides is 1. The van der Waals surface area contributed by atoms with E-state index >= 15 is 0 Å². The van der Waals surface area contributed by atoms with E-state index in [1.165, 1.54) is 0 Å². The summed E-state index contributed by atoms with van der Waals surface area (Å²) in [5.74, 6) is 0. The summed E-state index contributed by atoms with van der Waals surface area (Å²) in [6, 6.07) is -0.141. The average molecular weight is 131 g/mol. The van der Waals surface area contributed by atoms with Crippen molar-refractivity contribution in [1.82, 2.24) is 5.06 Å². The summed E-state index contributed by atoms with van der Waals surface area (Å²) in [6.45, 7) is 2.20. The minimum Gasteiger partial charge on any atom is -0.446 e. The lowest BCUT2D eigenvalue weighted by atomic mass is 10.2. The molecule has 0 aromatic heterocycles. The van der Waals surface area contributed by atoms with Crippen LogP contribution >= 0.6 is 0 Å². The fourth-order valence-corrected chi connectivity index (χ4v) is 0.744. The zero-order chi connectivity index (χ0) is 6.85. The van der Waals surface area contributed by atoms with Gasteiger partial charge in [0.25, 0.3) is 0 Å². The maximum atomic E-state index is 10.4. The molecule has 52 valence electrons. The third-order valence-corrected chi connectivity index (χ3v) is 1.40. The molecule has 1 aliphatic heterocycles. The smallest absolute Gasteiger partial charge is 0.434 e. The molecule has 0 saturated carbocycles. The first-order valence-electron chi connectivity index (χ1n) is 2.90. The van der Waals surface area contributed by atoms with E-state index in [1.807, 2.05) is 6.92 Å². The molecule has 0 aliphatic carbocycles. The molecule has 1 amide bonds. The standard InChI is InChI=1S/C5H9NO3/c1-2-4-3-9-5(7)6(4)8/h4,8H,2-3H2,1H3. The summed E-state index contributed by atoms with van der Waals surface area (Å²) < 4.78 is 4.51. The van der Waals surface area contributed by atoms with Gasteiger partial charge < -0.3 is 4.74 Å². The number of hydrogen-bond donors (Lipinski definition) is 1. The lowest BCUT2D eigenvalue weighted by molar-refractivity contribution is -0.0605. The molecule has 9 heavy (non-hydrogen) atoms. The van der Waals surface area contributed by atoms with Crippen LogP contribution in [0.3, 0.4) is 0 Å². The van der Waals surface area contributed by atoms with E-state index in [0.29, 0.717) is 11.7 Å². The van der Waals surface area contributed by atoms with E-state index < -0.39 is 6.09 Å². The zero-order valence-corrected chi connectivity index (χ0v) is 5.20. The first-order chi connectivity index (χ1) is 4.25. The summed E-state index contributed by atoms with van der Waals surface area (Å²) in [5, 5.41) is 9.46. The second-order valence-electron chi connectivity index (χ2n) is 1.98.